The van der Waals surface area contributed by atoms with Crippen molar-refractivity contribution in [3.05, 3.63) is 61.2 Å². The molecule has 0 bridgehead atoms. The molecule has 0 saturated carbocycles. The molecule has 5 heteroatoms. The van der Waals surface area contributed by atoms with E-state index in [1.165, 1.54) is 0 Å². The van der Waals surface area contributed by atoms with E-state index in [1.54, 1.807) is 12.5 Å². The summed E-state index contributed by atoms with van der Waals surface area (Å²) >= 11 is 0. The number of hydrogen-bond donors (Lipinski definition) is 1. The Morgan fingerprint density at radius 3 is 2.71 bits per heavy atom. The molecule has 2 aromatic carbocycles. The first-order valence-electron chi connectivity index (χ1n) is 9.79. The van der Waals surface area contributed by atoms with Gasteiger partial charge in [-0.1, -0.05) is 57.2 Å². The lowest BCUT2D eigenvalue weighted by atomic mass is 9.86. The maximum Gasteiger partial charge on any atom is 0.220 e. The fourth-order valence-corrected chi connectivity index (χ4v) is 3.14. The fourth-order valence-electron chi connectivity index (χ4n) is 3.14. The van der Waals surface area contributed by atoms with Crippen molar-refractivity contribution < 1.29 is 9.53 Å². The molecule has 0 radical (unpaired) electrons. The van der Waals surface area contributed by atoms with Crippen LogP contribution in [0.5, 0.6) is 5.75 Å². The Hall–Kier alpha value is -2.82. The van der Waals surface area contributed by atoms with Crippen molar-refractivity contribution in [1.82, 2.24) is 14.9 Å². The van der Waals surface area contributed by atoms with Crippen LogP contribution in [0.1, 0.15) is 33.6 Å². The molecule has 0 spiro atoms. The largest absolute Gasteiger partial charge is 0.493 e. The molecule has 3 aromatic rings. The molecule has 0 aliphatic rings. The number of ether oxygens (including phenoxy) is 1. The first-order chi connectivity index (χ1) is 13.4. The third-order valence-corrected chi connectivity index (χ3v) is 4.89. The van der Waals surface area contributed by atoms with Crippen LogP contribution < -0.4 is 10.1 Å². The molecule has 1 amide bonds. The van der Waals surface area contributed by atoms with E-state index in [0.717, 1.165) is 16.5 Å². The van der Waals surface area contributed by atoms with Gasteiger partial charge in [-0.15, -0.1) is 0 Å². The summed E-state index contributed by atoms with van der Waals surface area (Å²) < 4.78 is 7.93. The van der Waals surface area contributed by atoms with E-state index in [4.69, 9.17) is 4.74 Å². The average Bonchev–Trinajstić information content (AvgIpc) is 3.17. The molecule has 0 aliphatic carbocycles. The summed E-state index contributed by atoms with van der Waals surface area (Å²) in [5.41, 5.74) is -0.0423. The molecule has 0 fully saturated rings. The second kappa shape index (κ2) is 8.91. The van der Waals surface area contributed by atoms with Crippen LogP contribution >= 0.6 is 0 Å². The summed E-state index contributed by atoms with van der Waals surface area (Å²) in [4.78, 5) is 16.5. The van der Waals surface area contributed by atoms with Gasteiger partial charge >= 0.3 is 0 Å². The monoisotopic (exact) mass is 379 g/mol. The number of amides is 1. The average molecular weight is 380 g/mol. The van der Waals surface area contributed by atoms with E-state index < -0.39 is 0 Å². The summed E-state index contributed by atoms with van der Waals surface area (Å²) in [7, 11) is 0. The van der Waals surface area contributed by atoms with Crippen molar-refractivity contribution >= 4 is 16.7 Å². The summed E-state index contributed by atoms with van der Waals surface area (Å²) in [6.45, 7) is 7.64. The minimum absolute atomic E-state index is 0.0354. The standard InChI is InChI=1S/C23H29N3O2/c1-23(2,3)21(16-26-14-13-24-17-26)25-22(27)12-7-15-28-20-11-6-9-18-8-4-5-10-19(18)20/h4-6,8-11,13-14,17,21H,7,12,15-16H2,1-3H3,(H,25,27). The number of rotatable bonds is 8. The highest BCUT2D eigenvalue weighted by molar-refractivity contribution is 5.88. The molecule has 148 valence electrons. The molecule has 0 aliphatic heterocycles. The van der Waals surface area contributed by atoms with E-state index >= 15 is 0 Å². The van der Waals surface area contributed by atoms with Gasteiger partial charge in [0.15, 0.2) is 0 Å². The topological polar surface area (TPSA) is 56.2 Å². The number of hydrogen-bond acceptors (Lipinski definition) is 3. The van der Waals surface area contributed by atoms with Gasteiger partial charge in [-0.3, -0.25) is 4.79 Å². The Bertz CT molecular complexity index is 892. The van der Waals surface area contributed by atoms with Gasteiger partial charge in [-0.05, 0) is 23.3 Å². The predicted molar refractivity (Wildman–Crippen MR) is 112 cm³/mol. The highest BCUT2D eigenvalue weighted by Gasteiger charge is 2.26. The zero-order valence-corrected chi connectivity index (χ0v) is 16.9. The summed E-state index contributed by atoms with van der Waals surface area (Å²) in [6, 6.07) is 14.2. The van der Waals surface area contributed by atoms with Gasteiger partial charge in [0.05, 0.1) is 19.0 Å². The van der Waals surface area contributed by atoms with E-state index in [0.29, 0.717) is 26.0 Å². The van der Waals surface area contributed by atoms with E-state index in [9.17, 15) is 4.79 Å². The molecule has 5 nitrogen and oxygen atoms in total. The second-order valence-electron chi connectivity index (χ2n) is 8.17. The van der Waals surface area contributed by atoms with Crippen LogP contribution in [0.25, 0.3) is 10.8 Å². The highest BCUT2D eigenvalue weighted by atomic mass is 16.5. The normalized spacial score (nSPS) is 12.7. The van der Waals surface area contributed by atoms with Gasteiger partial charge in [-0.2, -0.15) is 0 Å². The molecular weight excluding hydrogens is 350 g/mol. The summed E-state index contributed by atoms with van der Waals surface area (Å²) in [5, 5.41) is 5.44. The first kappa shape index (κ1) is 19.9. The Kier molecular flexibility index (Phi) is 6.34. The van der Waals surface area contributed by atoms with Crippen molar-refractivity contribution in [2.24, 2.45) is 5.41 Å². The van der Waals surface area contributed by atoms with Crippen LogP contribution in [0.2, 0.25) is 0 Å². The van der Waals surface area contributed by atoms with E-state index in [1.807, 2.05) is 35.0 Å². The van der Waals surface area contributed by atoms with Crippen molar-refractivity contribution in [3.8, 4) is 5.75 Å². The zero-order valence-electron chi connectivity index (χ0n) is 16.9. The van der Waals surface area contributed by atoms with Gasteiger partial charge in [0, 0.05) is 30.7 Å². The van der Waals surface area contributed by atoms with Crippen LogP contribution in [-0.4, -0.2) is 28.1 Å². The molecule has 1 N–H and O–H groups in total. The van der Waals surface area contributed by atoms with Gasteiger partial charge in [-0.25, -0.2) is 4.98 Å². The number of carbonyl (C=O) groups excluding carboxylic acids is 1. The van der Waals surface area contributed by atoms with Gasteiger partial charge in [0.2, 0.25) is 5.91 Å². The maximum absolute atomic E-state index is 12.5. The number of imidazole rings is 1. The van der Waals surface area contributed by atoms with Crippen molar-refractivity contribution in [2.75, 3.05) is 6.61 Å². The second-order valence-corrected chi connectivity index (χ2v) is 8.17. The van der Waals surface area contributed by atoms with Crippen molar-refractivity contribution in [2.45, 2.75) is 46.2 Å². The van der Waals surface area contributed by atoms with Crippen LogP contribution in [0.3, 0.4) is 0 Å². The highest BCUT2D eigenvalue weighted by Crippen LogP contribution is 2.25. The number of nitrogens with zero attached hydrogens (tertiary/aromatic N) is 2. The Balaban J connectivity index is 1.49. The molecule has 3 rings (SSSR count). The van der Waals surface area contributed by atoms with Gasteiger partial charge in [0.1, 0.15) is 5.75 Å². The van der Waals surface area contributed by atoms with Crippen LogP contribution in [0.4, 0.5) is 0 Å². The summed E-state index contributed by atoms with van der Waals surface area (Å²) in [6.07, 6.45) is 6.58. The molecule has 1 atom stereocenters. The fraction of sp³-hybridized carbons (Fsp3) is 0.391. The molecule has 1 unspecified atom stereocenters. The smallest absolute Gasteiger partial charge is 0.220 e. The van der Waals surface area contributed by atoms with E-state index in [-0.39, 0.29) is 17.4 Å². The predicted octanol–water partition coefficient (Wildman–Crippen LogP) is 4.43. The molecule has 0 saturated heterocycles. The first-order valence-corrected chi connectivity index (χ1v) is 9.79. The lowest BCUT2D eigenvalue weighted by Crippen LogP contribution is -2.46. The van der Waals surface area contributed by atoms with Crippen molar-refractivity contribution in [1.29, 1.82) is 0 Å². The van der Waals surface area contributed by atoms with Crippen LogP contribution in [0.15, 0.2) is 61.2 Å². The van der Waals surface area contributed by atoms with Crippen molar-refractivity contribution in [3.63, 3.8) is 0 Å². The lowest BCUT2D eigenvalue weighted by Gasteiger charge is -2.31. The lowest BCUT2D eigenvalue weighted by molar-refractivity contribution is -0.122. The quantitative estimate of drug-likeness (QED) is 0.589. The Labute approximate surface area is 166 Å². The molecule has 1 heterocycles. The number of benzene rings is 2. The minimum Gasteiger partial charge on any atom is -0.493 e. The summed E-state index contributed by atoms with van der Waals surface area (Å²) in [5.74, 6) is 0.924. The third-order valence-electron chi connectivity index (χ3n) is 4.89. The van der Waals surface area contributed by atoms with Gasteiger partial charge < -0.3 is 14.6 Å². The SMILES string of the molecule is CC(C)(C)C(Cn1ccnc1)NC(=O)CCCOc1cccc2ccccc12. The third kappa shape index (κ3) is 5.35. The number of aromatic nitrogens is 2. The zero-order chi connectivity index (χ0) is 20.0. The molecular formula is C23H29N3O2. The van der Waals surface area contributed by atoms with E-state index in [2.05, 4.69) is 49.3 Å². The maximum atomic E-state index is 12.5. The van der Waals surface area contributed by atoms with Crippen LogP contribution in [0, 0.1) is 5.41 Å². The number of nitrogens with one attached hydrogen (secondary N) is 1. The van der Waals surface area contributed by atoms with Crippen LogP contribution in [-0.2, 0) is 11.3 Å². The Morgan fingerprint density at radius 1 is 1.18 bits per heavy atom. The number of carbonyl (C=O) groups is 1. The molecule has 28 heavy (non-hydrogen) atoms. The minimum atomic E-state index is -0.0423. The number of fused-ring (bicyclic) bond motifs is 1. The Morgan fingerprint density at radius 2 is 1.96 bits per heavy atom. The molecule has 1 aromatic heterocycles. The van der Waals surface area contributed by atoms with Gasteiger partial charge in [0.25, 0.3) is 0 Å².